The molecule has 1 aromatic rings. The molecule has 0 unspecified atom stereocenters. The molecule has 0 fully saturated rings. The van der Waals surface area contributed by atoms with E-state index in [4.69, 9.17) is 13.3 Å². The van der Waals surface area contributed by atoms with Crippen molar-refractivity contribution in [2.75, 3.05) is 0 Å². The fraction of sp³-hybridized carbons (Fsp3) is 0.762. The highest BCUT2D eigenvalue weighted by Crippen LogP contribution is 2.12. The summed E-state index contributed by atoms with van der Waals surface area (Å²) in [6, 6.07) is 6.31. The van der Waals surface area contributed by atoms with E-state index in [-0.39, 0.29) is 0 Å². The van der Waals surface area contributed by atoms with Gasteiger partial charge in [-0.05, 0) is 6.42 Å². The van der Waals surface area contributed by atoms with E-state index < -0.39 is 11.4 Å². The summed E-state index contributed by atoms with van der Waals surface area (Å²) in [7, 11) is 0. The molecule has 0 aliphatic rings. The van der Waals surface area contributed by atoms with E-state index in [2.05, 4.69) is 42.1 Å². The summed E-state index contributed by atoms with van der Waals surface area (Å²) >= 11 is -2.61. The van der Waals surface area contributed by atoms with Gasteiger partial charge in [0.2, 0.25) is 0 Å². The van der Waals surface area contributed by atoms with Crippen LogP contribution in [0.25, 0.3) is 0 Å². The van der Waals surface area contributed by atoms with Crippen LogP contribution in [-0.4, -0.2) is 13.3 Å². The van der Waals surface area contributed by atoms with Gasteiger partial charge in [-0.15, -0.1) is 0 Å². The van der Waals surface area contributed by atoms with Crippen LogP contribution in [0.1, 0.15) is 96.8 Å². The normalized spacial score (nSPS) is 10.6. The van der Waals surface area contributed by atoms with Gasteiger partial charge in [-0.2, -0.15) is 4.21 Å². The standard InChI is InChI=1S/C21H38N.H2O3S/c1-2-3-4-5-6-7-8-9-10-11-12-13-14-16-19-22-20-17-15-18-21-22;1-4(2)3/h15,17-18,20-21H,2-14,16,19H2,1H3;(H2,1,2,3)/q+1;. The van der Waals surface area contributed by atoms with Crippen molar-refractivity contribution in [2.45, 2.75) is 103 Å². The van der Waals surface area contributed by atoms with Crippen LogP contribution in [0.2, 0.25) is 0 Å². The average molecular weight is 387 g/mol. The Morgan fingerprint density at radius 1 is 0.654 bits per heavy atom. The third kappa shape index (κ3) is 21.3. The van der Waals surface area contributed by atoms with E-state index in [9.17, 15) is 0 Å². The van der Waals surface area contributed by atoms with Gasteiger partial charge >= 0.3 is 0 Å². The van der Waals surface area contributed by atoms with Crippen LogP contribution in [0.3, 0.4) is 0 Å². The Hall–Kier alpha value is -0.780. The Kier molecular flexibility index (Phi) is 19.9. The molecule has 1 heterocycles. The molecular formula is C21H40NO3S+. The minimum Gasteiger partial charge on any atom is -0.284 e. The predicted molar refractivity (Wildman–Crippen MR) is 110 cm³/mol. The fourth-order valence-electron chi connectivity index (χ4n) is 3.07. The summed E-state index contributed by atoms with van der Waals surface area (Å²) in [5, 5.41) is 0. The maximum atomic E-state index is 8.67. The third-order valence-corrected chi connectivity index (χ3v) is 4.55. The number of unbranched alkanes of at least 4 members (excludes halogenated alkanes) is 13. The third-order valence-electron chi connectivity index (χ3n) is 4.55. The van der Waals surface area contributed by atoms with Crippen LogP contribution in [0, 0.1) is 0 Å². The molecule has 0 amide bonds. The number of hydrogen-bond acceptors (Lipinski definition) is 1. The van der Waals surface area contributed by atoms with E-state index in [1.165, 1.54) is 96.4 Å². The van der Waals surface area contributed by atoms with Gasteiger partial charge < -0.3 is 0 Å². The minimum absolute atomic E-state index is 1.18. The lowest BCUT2D eigenvalue weighted by Crippen LogP contribution is -2.32. The van der Waals surface area contributed by atoms with E-state index in [0.29, 0.717) is 0 Å². The van der Waals surface area contributed by atoms with E-state index in [1.807, 2.05) is 0 Å². The maximum absolute atomic E-state index is 8.67. The molecule has 0 saturated carbocycles. The summed E-state index contributed by atoms with van der Waals surface area (Å²) in [5.41, 5.74) is 0. The van der Waals surface area contributed by atoms with Crippen molar-refractivity contribution in [1.82, 2.24) is 0 Å². The number of aryl methyl sites for hydroxylation is 1. The Morgan fingerprint density at radius 3 is 1.38 bits per heavy atom. The molecule has 26 heavy (non-hydrogen) atoms. The van der Waals surface area contributed by atoms with Crippen molar-refractivity contribution >= 4 is 11.4 Å². The number of pyridine rings is 1. The molecule has 1 rings (SSSR count). The van der Waals surface area contributed by atoms with Gasteiger partial charge in [0.05, 0.1) is 0 Å². The van der Waals surface area contributed by atoms with E-state index in [0.717, 1.165) is 0 Å². The Bertz CT molecular complexity index is 411. The number of rotatable bonds is 15. The first-order valence-corrected chi connectivity index (χ1v) is 11.5. The zero-order valence-electron chi connectivity index (χ0n) is 16.7. The molecule has 0 radical (unpaired) electrons. The van der Waals surface area contributed by atoms with Crippen LogP contribution in [0.15, 0.2) is 30.6 Å². The maximum Gasteiger partial charge on any atom is 0.299 e. The van der Waals surface area contributed by atoms with Crippen LogP contribution in [-0.2, 0) is 17.9 Å². The van der Waals surface area contributed by atoms with Crippen LogP contribution in [0.5, 0.6) is 0 Å². The Morgan fingerprint density at radius 2 is 1.00 bits per heavy atom. The monoisotopic (exact) mass is 386 g/mol. The molecule has 2 N–H and O–H groups in total. The second-order valence-electron chi connectivity index (χ2n) is 6.94. The lowest BCUT2D eigenvalue weighted by atomic mass is 10.0. The second-order valence-corrected chi connectivity index (χ2v) is 7.40. The molecule has 1 aromatic heterocycles. The van der Waals surface area contributed by atoms with Crippen LogP contribution in [0.4, 0.5) is 0 Å². The molecule has 0 aliphatic carbocycles. The SMILES string of the molecule is CCCCCCCCCCCCCCCC[n+]1ccccc1.O=S(O)O. The number of aromatic nitrogens is 1. The first kappa shape index (κ1) is 25.2. The molecule has 0 aromatic carbocycles. The number of hydrogen-bond donors (Lipinski definition) is 2. The minimum atomic E-state index is -2.61. The number of nitrogens with zero attached hydrogens (tertiary/aromatic N) is 1. The predicted octanol–water partition coefficient (Wildman–Crippen LogP) is 6.14. The zero-order valence-corrected chi connectivity index (χ0v) is 17.5. The molecule has 4 nitrogen and oxygen atoms in total. The van der Waals surface area contributed by atoms with Gasteiger partial charge in [-0.3, -0.25) is 9.11 Å². The summed E-state index contributed by atoms with van der Waals surface area (Å²) in [5.74, 6) is 0. The lowest BCUT2D eigenvalue weighted by molar-refractivity contribution is -0.697. The van der Waals surface area contributed by atoms with Gasteiger partial charge in [-0.1, -0.05) is 90.0 Å². The van der Waals surface area contributed by atoms with Crippen molar-refractivity contribution in [3.05, 3.63) is 30.6 Å². The Balaban J connectivity index is 0.00000141. The topological polar surface area (TPSA) is 61.4 Å². The molecule has 0 atom stereocenters. The Labute approximate surface area is 163 Å². The molecule has 0 bridgehead atoms. The fourth-order valence-corrected chi connectivity index (χ4v) is 3.07. The lowest BCUT2D eigenvalue weighted by Gasteiger charge is -2.02. The van der Waals surface area contributed by atoms with Crippen molar-refractivity contribution in [2.24, 2.45) is 0 Å². The van der Waals surface area contributed by atoms with Crippen molar-refractivity contribution in [1.29, 1.82) is 0 Å². The van der Waals surface area contributed by atoms with Gasteiger partial charge in [-0.25, -0.2) is 4.57 Å². The quantitative estimate of drug-likeness (QED) is 0.216. The highest BCUT2D eigenvalue weighted by atomic mass is 32.2. The molecule has 0 saturated heterocycles. The summed E-state index contributed by atoms with van der Waals surface area (Å²) in [4.78, 5) is 0. The zero-order chi connectivity index (χ0) is 19.3. The van der Waals surface area contributed by atoms with Crippen LogP contribution >= 0.6 is 0 Å². The molecular weight excluding hydrogens is 346 g/mol. The van der Waals surface area contributed by atoms with Gasteiger partial charge in [0, 0.05) is 18.6 Å². The van der Waals surface area contributed by atoms with Gasteiger partial charge in [0.25, 0.3) is 11.4 Å². The van der Waals surface area contributed by atoms with Crippen LogP contribution < -0.4 is 4.57 Å². The summed E-state index contributed by atoms with van der Waals surface area (Å²) in [6.07, 6.45) is 24.4. The highest BCUT2D eigenvalue weighted by molar-refractivity contribution is 7.73. The van der Waals surface area contributed by atoms with Gasteiger partial charge in [0.15, 0.2) is 12.4 Å². The smallest absolute Gasteiger partial charge is 0.284 e. The average Bonchev–Trinajstić information content (AvgIpc) is 2.62. The molecule has 0 aliphatic heterocycles. The van der Waals surface area contributed by atoms with E-state index in [1.54, 1.807) is 0 Å². The first-order valence-electron chi connectivity index (χ1n) is 10.4. The summed E-state index contributed by atoms with van der Waals surface area (Å²) in [6.45, 7) is 3.47. The van der Waals surface area contributed by atoms with Crippen molar-refractivity contribution < 1.29 is 17.9 Å². The molecule has 0 spiro atoms. The summed E-state index contributed by atoms with van der Waals surface area (Å²) < 4.78 is 25.1. The van der Waals surface area contributed by atoms with Crippen molar-refractivity contribution in [3.8, 4) is 0 Å². The second kappa shape index (κ2) is 20.5. The largest absolute Gasteiger partial charge is 0.299 e. The van der Waals surface area contributed by atoms with E-state index >= 15 is 0 Å². The van der Waals surface area contributed by atoms with Crippen molar-refractivity contribution in [3.63, 3.8) is 0 Å². The molecule has 152 valence electrons. The van der Waals surface area contributed by atoms with Gasteiger partial charge in [0.1, 0.15) is 6.54 Å². The first-order chi connectivity index (χ1) is 12.7. The molecule has 5 heteroatoms. The highest BCUT2D eigenvalue weighted by Gasteiger charge is 1.98.